The molecule has 0 radical (unpaired) electrons. The number of anilines is 1. The lowest BCUT2D eigenvalue weighted by Crippen LogP contribution is -2.31. The predicted molar refractivity (Wildman–Crippen MR) is 169 cm³/mol. The third-order valence-electron chi connectivity index (χ3n) is 7.33. The van der Waals surface area contributed by atoms with E-state index in [1.807, 2.05) is 80.5 Å². The third kappa shape index (κ3) is 6.44. The molecule has 0 spiro atoms. The Labute approximate surface area is 249 Å². The zero-order chi connectivity index (χ0) is 29.8. The van der Waals surface area contributed by atoms with Crippen molar-refractivity contribution in [1.29, 1.82) is 0 Å². The van der Waals surface area contributed by atoms with Gasteiger partial charge in [0.25, 0.3) is 5.91 Å². The SMILES string of the molecule is Cc1c(NC(=O)c2nccs2)cccc1-c1ccc(C(N)O)c2[nH]c(-c3ccccc3CNC(O)CCN(C)C)cc12. The van der Waals surface area contributed by atoms with Crippen molar-refractivity contribution < 1.29 is 15.0 Å². The molecule has 7 N–H and O–H groups in total. The lowest BCUT2D eigenvalue weighted by atomic mass is 9.94. The molecule has 0 fully saturated rings. The summed E-state index contributed by atoms with van der Waals surface area (Å²) < 4.78 is 0. The Morgan fingerprint density at radius 2 is 1.86 bits per heavy atom. The molecule has 218 valence electrons. The van der Waals surface area contributed by atoms with Crippen LogP contribution in [0, 0.1) is 6.92 Å². The summed E-state index contributed by atoms with van der Waals surface area (Å²) in [5.41, 5.74) is 13.6. The number of nitrogens with one attached hydrogen (secondary N) is 3. The first-order chi connectivity index (χ1) is 20.2. The number of fused-ring (bicyclic) bond motifs is 1. The molecule has 0 saturated carbocycles. The highest BCUT2D eigenvalue weighted by Crippen LogP contribution is 2.39. The molecule has 5 aromatic rings. The molecule has 5 rings (SSSR count). The molecule has 0 aliphatic heterocycles. The molecule has 2 heterocycles. The molecular formula is C32H36N6O3S. The van der Waals surface area contributed by atoms with Crippen molar-refractivity contribution in [2.24, 2.45) is 5.73 Å². The predicted octanol–water partition coefficient (Wildman–Crippen LogP) is 4.83. The van der Waals surface area contributed by atoms with E-state index in [0.29, 0.717) is 29.2 Å². The summed E-state index contributed by atoms with van der Waals surface area (Å²) in [7, 11) is 3.96. The summed E-state index contributed by atoms with van der Waals surface area (Å²) in [6, 6.07) is 19.7. The average Bonchev–Trinajstić information content (AvgIpc) is 3.67. The van der Waals surface area contributed by atoms with Crippen LogP contribution in [0.5, 0.6) is 0 Å². The van der Waals surface area contributed by atoms with E-state index in [1.165, 1.54) is 11.3 Å². The number of aliphatic hydroxyl groups is 2. The van der Waals surface area contributed by atoms with Gasteiger partial charge in [0.2, 0.25) is 0 Å². The number of hydrogen-bond donors (Lipinski definition) is 6. The lowest BCUT2D eigenvalue weighted by Gasteiger charge is -2.17. The molecule has 0 aliphatic carbocycles. The molecule has 10 heteroatoms. The van der Waals surface area contributed by atoms with Gasteiger partial charge >= 0.3 is 0 Å². The number of amides is 1. The van der Waals surface area contributed by atoms with Crippen LogP contribution in [0.1, 0.15) is 39.1 Å². The summed E-state index contributed by atoms with van der Waals surface area (Å²) in [6.07, 6.45) is 0.436. The highest BCUT2D eigenvalue weighted by atomic mass is 32.1. The van der Waals surface area contributed by atoms with Crippen LogP contribution in [-0.4, -0.2) is 57.9 Å². The van der Waals surface area contributed by atoms with Crippen molar-refractivity contribution in [3.05, 3.63) is 93.9 Å². The number of carbonyl (C=O) groups is 1. The normalized spacial score (nSPS) is 13.0. The monoisotopic (exact) mass is 584 g/mol. The maximum atomic E-state index is 12.7. The van der Waals surface area contributed by atoms with E-state index in [-0.39, 0.29) is 5.91 Å². The van der Waals surface area contributed by atoms with Crippen LogP contribution in [-0.2, 0) is 6.54 Å². The number of nitrogens with zero attached hydrogens (tertiary/aromatic N) is 2. The van der Waals surface area contributed by atoms with Crippen molar-refractivity contribution in [2.45, 2.75) is 32.3 Å². The molecule has 0 bridgehead atoms. The highest BCUT2D eigenvalue weighted by molar-refractivity contribution is 7.11. The number of aromatic amines is 1. The minimum absolute atomic E-state index is 0.252. The van der Waals surface area contributed by atoms with Crippen LogP contribution < -0.4 is 16.4 Å². The molecule has 2 aromatic heterocycles. The smallest absolute Gasteiger partial charge is 0.284 e. The van der Waals surface area contributed by atoms with Crippen molar-refractivity contribution in [3.63, 3.8) is 0 Å². The average molecular weight is 585 g/mol. The molecule has 3 aromatic carbocycles. The summed E-state index contributed by atoms with van der Waals surface area (Å²) >= 11 is 1.29. The van der Waals surface area contributed by atoms with E-state index in [4.69, 9.17) is 5.73 Å². The standard InChI is InChI=1S/C32H36N6O3S/c1-19-21(9-6-10-26(19)37-31(41)32-34-14-16-42-32)23-11-12-24(30(33)40)29-25(23)17-27(36-29)22-8-5-4-7-20(22)18-35-28(39)13-15-38(2)3/h4-12,14,16-17,28,30,35-36,39-40H,13,15,18,33H2,1-3H3,(H,37,41). The van der Waals surface area contributed by atoms with Gasteiger partial charge < -0.3 is 31.1 Å². The molecule has 9 nitrogen and oxygen atoms in total. The number of hydrogen-bond acceptors (Lipinski definition) is 8. The van der Waals surface area contributed by atoms with E-state index in [9.17, 15) is 15.0 Å². The fourth-order valence-corrected chi connectivity index (χ4v) is 5.62. The van der Waals surface area contributed by atoms with E-state index in [1.54, 1.807) is 11.6 Å². The van der Waals surface area contributed by atoms with Gasteiger partial charge in [0.05, 0.1) is 5.52 Å². The Balaban J connectivity index is 1.53. The summed E-state index contributed by atoms with van der Waals surface area (Å²) in [4.78, 5) is 22.4. The zero-order valence-electron chi connectivity index (χ0n) is 23.9. The van der Waals surface area contributed by atoms with Crippen LogP contribution in [0.2, 0.25) is 0 Å². The Hall–Kier alpha value is -3.90. The molecule has 2 atom stereocenters. The minimum Gasteiger partial charge on any atom is -0.379 e. The second-order valence-corrected chi connectivity index (χ2v) is 11.4. The van der Waals surface area contributed by atoms with Crippen LogP contribution in [0.4, 0.5) is 5.69 Å². The van der Waals surface area contributed by atoms with Crippen molar-refractivity contribution in [1.82, 2.24) is 20.2 Å². The van der Waals surface area contributed by atoms with Gasteiger partial charge in [-0.1, -0.05) is 48.5 Å². The second-order valence-electron chi connectivity index (χ2n) is 10.5. The van der Waals surface area contributed by atoms with E-state index in [0.717, 1.165) is 51.0 Å². The molecule has 0 aliphatic rings. The fraction of sp³-hybridized carbons (Fsp3) is 0.250. The summed E-state index contributed by atoms with van der Waals surface area (Å²) in [5.74, 6) is -0.252. The number of nitrogens with two attached hydrogens (primary N) is 1. The van der Waals surface area contributed by atoms with Gasteiger partial charge in [-0.2, -0.15) is 0 Å². The van der Waals surface area contributed by atoms with Gasteiger partial charge in [0.15, 0.2) is 5.01 Å². The molecular weight excluding hydrogens is 548 g/mol. The number of aliphatic hydroxyl groups excluding tert-OH is 2. The van der Waals surface area contributed by atoms with Gasteiger partial charge in [-0.25, -0.2) is 4.98 Å². The Kier molecular flexibility index (Phi) is 9.12. The Morgan fingerprint density at radius 1 is 1.07 bits per heavy atom. The minimum atomic E-state index is -1.16. The molecule has 2 unspecified atom stereocenters. The quantitative estimate of drug-likeness (QED) is 0.122. The number of H-pyrrole nitrogens is 1. The van der Waals surface area contributed by atoms with Gasteiger partial charge in [0, 0.05) is 52.6 Å². The van der Waals surface area contributed by atoms with Crippen LogP contribution in [0.3, 0.4) is 0 Å². The lowest BCUT2D eigenvalue weighted by molar-refractivity contribution is 0.102. The van der Waals surface area contributed by atoms with Gasteiger partial charge in [-0.3, -0.25) is 10.1 Å². The van der Waals surface area contributed by atoms with E-state index >= 15 is 0 Å². The van der Waals surface area contributed by atoms with Gasteiger partial charge in [-0.15, -0.1) is 11.3 Å². The van der Waals surface area contributed by atoms with Crippen molar-refractivity contribution in [3.8, 4) is 22.4 Å². The number of rotatable bonds is 11. The zero-order valence-corrected chi connectivity index (χ0v) is 24.7. The fourth-order valence-electron chi connectivity index (χ4n) is 5.09. The number of carbonyl (C=O) groups excluding carboxylic acids is 1. The summed E-state index contributed by atoms with van der Waals surface area (Å²) in [5, 5.41) is 30.1. The van der Waals surface area contributed by atoms with Crippen LogP contribution in [0.15, 0.2) is 72.2 Å². The highest BCUT2D eigenvalue weighted by Gasteiger charge is 2.19. The molecule has 0 saturated heterocycles. The van der Waals surface area contributed by atoms with Crippen molar-refractivity contribution in [2.75, 3.05) is 26.0 Å². The first-order valence-corrected chi connectivity index (χ1v) is 14.7. The first-order valence-electron chi connectivity index (χ1n) is 13.8. The number of benzene rings is 3. The van der Waals surface area contributed by atoms with Crippen LogP contribution in [0.25, 0.3) is 33.3 Å². The first kappa shape index (κ1) is 29.6. The molecule has 1 amide bonds. The van der Waals surface area contributed by atoms with Crippen molar-refractivity contribution >= 4 is 33.8 Å². The van der Waals surface area contributed by atoms with E-state index < -0.39 is 12.5 Å². The maximum absolute atomic E-state index is 12.7. The maximum Gasteiger partial charge on any atom is 0.284 e. The second kappa shape index (κ2) is 13.0. The largest absolute Gasteiger partial charge is 0.379 e. The number of aromatic nitrogens is 2. The van der Waals surface area contributed by atoms with E-state index in [2.05, 4.69) is 26.7 Å². The molecule has 42 heavy (non-hydrogen) atoms. The number of thiazole rings is 1. The van der Waals surface area contributed by atoms with Gasteiger partial charge in [-0.05, 0) is 61.8 Å². The topological polar surface area (TPSA) is 140 Å². The summed E-state index contributed by atoms with van der Waals surface area (Å²) in [6.45, 7) is 3.24. The third-order valence-corrected chi connectivity index (χ3v) is 8.10. The Morgan fingerprint density at radius 3 is 2.60 bits per heavy atom. The van der Waals surface area contributed by atoms with Gasteiger partial charge in [0.1, 0.15) is 12.5 Å². The Bertz CT molecular complexity index is 1680. The van der Waals surface area contributed by atoms with Crippen LogP contribution >= 0.6 is 11.3 Å².